The summed E-state index contributed by atoms with van der Waals surface area (Å²) < 4.78 is 5.69. The summed E-state index contributed by atoms with van der Waals surface area (Å²) in [6, 6.07) is 26.2. The first-order chi connectivity index (χ1) is 17.8. The van der Waals surface area contributed by atoms with Crippen LogP contribution in [0.1, 0.15) is 58.7 Å². The predicted octanol–water partition coefficient (Wildman–Crippen LogP) is 6.23. The average molecular weight is 510 g/mol. The van der Waals surface area contributed by atoms with Crippen molar-refractivity contribution >= 4 is 40.9 Å². The summed E-state index contributed by atoms with van der Waals surface area (Å²) in [5.41, 5.74) is 2.51. The molecule has 0 unspecified atom stereocenters. The largest absolute Gasteiger partial charge is 0.445 e. The lowest BCUT2D eigenvalue weighted by Crippen LogP contribution is -2.29. The highest BCUT2D eigenvalue weighted by molar-refractivity contribution is 6.34. The third-order valence-electron chi connectivity index (χ3n) is 6.08. The van der Waals surface area contributed by atoms with E-state index in [0.717, 1.165) is 10.5 Å². The lowest BCUT2D eigenvalue weighted by molar-refractivity contribution is 0.0280. The van der Waals surface area contributed by atoms with E-state index in [1.807, 2.05) is 13.0 Å². The van der Waals surface area contributed by atoms with Crippen molar-refractivity contribution in [3.63, 3.8) is 0 Å². The van der Waals surface area contributed by atoms with Gasteiger partial charge in [0.1, 0.15) is 0 Å². The summed E-state index contributed by atoms with van der Waals surface area (Å²) in [5.74, 6) is -2.21. The van der Waals surface area contributed by atoms with Crippen LogP contribution in [0.5, 0.6) is 0 Å². The summed E-state index contributed by atoms with van der Waals surface area (Å²) in [6.45, 7) is 1.86. The number of rotatable bonds is 6. The Morgan fingerprint density at radius 3 is 2.16 bits per heavy atom. The first-order valence-corrected chi connectivity index (χ1v) is 11.9. The zero-order chi connectivity index (χ0) is 26.1. The lowest BCUT2D eigenvalue weighted by atomic mass is 9.99. The highest BCUT2D eigenvalue weighted by atomic mass is 35.5. The Morgan fingerprint density at radius 1 is 0.757 bits per heavy atom. The predicted molar refractivity (Wildman–Crippen MR) is 139 cm³/mol. The molecule has 37 heavy (non-hydrogen) atoms. The van der Waals surface area contributed by atoms with E-state index in [4.69, 9.17) is 16.3 Å². The van der Waals surface area contributed by atoms with Crippen LogP contribution in [0.3, 0.4) is 0 Å². The van der Waals surface area contributed by atoms with Crippen molar-refractivity contribution in [2.24, 2.45) is 0 Å². The molecule has 1 heterocycles. The number of aryl methyl sites for hydroxylation is 1. The van der Waals surface area contributed by atoms with Gasteiger partial charge in [-0.25, -0.2) is 9.69 Å². The fraction of sp³-hybridized carbons (Fsp3) is 0.0667. The van der Waals surface area contributed by atoms with Crippen LogP contribution in [0, 0.1) is 6.92 Å². The van der Waals surface area contributed by atoms with Crippen LogP contribution in [0.25, 0.3) is 0 Å². The first kappa shape index (κ1) is 24.2. The van der Waals surface area contributed by atoms with Gasteiger partial charge in [0.15, 0.2) is 6.10 Å². The van der Waals surface area contributed by atoms with Gasteiger partial charge in [0.2, 0.25) is 5.78 Å². The maximum Gasteiger partial charge on any atom is 0.339 e. The van der Waals surface area contributed by atoms with Gasteiger partial charge in [-0.1, -0.05) is 66.2 Å². The van der Waals surface area contributed by atoms with Crippen LogP contribution in [0.4, 0.5) is 5.69 Å². The standard InChI is InChI=1S/C30H20ClNO5/c1-18-6-5-9-23(16-18)32-28(34)24-15-12-21(17-25(24)29(32)35)30(36)37-27(20-10-13-22(31)14-11-20)26(33)19-7-3-2-4-8-19/h2-17,27H,1H3/t27-/m1/s1. The maximum atomic E-state index is 13.3. The quantitative estimate of drug-likeness (QED) is 0.175. The minimum Gasteiger partial charge on any atom is -0.445 e. The molecule has 0 saturated heterocycles. The number of carbonyl (C=O) groups is 4. The Hall–Kier alpha value is -4.55. The topological polar surface area (TPSA) is 80.8 Å². The van der Waals surface area contributed by atoms with Crippen LogP contribution >= 0.6 is 11.6 Å². The van der Waals surface area contributed by atoms with Crippen molar-refractivity contribution in [1.82, 2.24) is 0 Å². The Balaban J connectivity index is 1.45. The molecule has 1 aliphatic rings. The van der Waals surface area contributed by atoms with Crippen molar-refractivity contribution < 1.29 is 23.9 Å². The highest BCUT2D eigenvalue weighted by Crippen LogP contribution is 2.31. The second kappa shape index (κ2) is 9.84. The zero-order valence-corrected chi connectivity index (χ0v) is 20.4. The molecule has 6 nitrogen and oxygen atoms in total. The third-order valence-corrected chi connectivity index (χ3v) is 6.33. The number of esters is 1. The number of hydrogen-bond donors (Lipinski definition) is 0. The second-order valence-corrected chi connectivity index (χ2v) is 9.05. The van der Waals surface area contributed by atoms with Gasteiger partial charge in [-0.2, -0.15) is 0 Å². The summed E-state index contributed by atoms with van der Waals surface area (Å²) >= 11 is 6.00. The molecule has 0 fully saturated rings. The molecule has 1 atom stereocenters. The van der Waals surface area contributed by atoms with Gasteiger partial charge in [-0.15, -0.1) is 0 Å². The van der Waals surface area contributed by atoms with Crippen LogP contribution in [-0.4, -0.2) is 23.6 Å². The number of nitrogens with zero attached hydrogens (tertiary/aromatic N) is 1. The number of ketones is 1. The lowest BCUT2D eigenvalue weighted by Gasteiger charge is -2.18. The van der Waals surface area contributed by atoms with Gasteiger partial charge in [-0.05, 0) is 55.0 Å². The van der Waals surface area contributed by atoms with Gasteiger partial charge < -0.3 is 4.74 Å². The van der Waals surface area contributed by atoms with E-state index < -0.39 is 29.7 Å². The smallest absolute Gasteiger partial charge is 0.339 e. The Kier molecular flexibility index (Phi) is 6.42. The monoisotopic (exact) mass is 509 g/mol. The number of hydrogen-bond acceptors (Lipinski definition) is 5. The van der Waals surface area contributed by atoms with Crippen molar-refractivity contribution in [2.45, 2.75) is 13.0 Å². The van der Waals surface area contributed by atoms with E-state index in [1.54, 1.807) is 72.8 Å². The molecular weight excluding hydrogens is 490 g/mol. The highest BCUT2D eigenvalue weighted by Gasteiger charge is 2.37. The number of ether oxygens (including phenoxy) is 1. The van der Waals surface area contributed by atoms with Crippen molar-refractivity contribution in [3.8, 4) is 0 Å². The van der Waals surface area contributed by atoms with E-state index in [9.17, 15) is 19.2 Å². The molecule has 1 aliphatic heterocycles. The number of anilines is 1. The number of fused-ring (bicyclic) bond motifs is 1. The number of amides is 2. The normalized spacial score (nSPS) is 13.3. The molecule has 0 radical (unpaired) electrons. The van der Waals surface area contributed by atoms with Crippen LogP contribution in [-0.2, 0) is 4.74 Å². The van der Waals surface area contributed by atoms with Crippen molar-refractivity contribution in [3.05, 3.63) is 135 Å². The summed E-state index contributed by atoms with van der Waals surface area (Å²) in [6.07, 6.45) is -1.23. The average Bonchev–Trinajstić information content (AvgIpc) is 3.17. The van der Waals surface area contributed by atoms with Gasteiger partial charge in [0.25, 0.3) is 11.8 Å². The van der Waals surface area contributed by atoms with Gasteiger partial charge in [0.05, 0.1) is 22.4 Å². The van der Waals surface area contributed by atoms with Gasteiger partial charge in [0, 0.05) is 16.1 Å². The number of carbonyl (C=O) groups excluding carboxylic acids is 4. The van der Waals surface area contributed by atoms with Crippen LogP contribution in [0.15, 0.2) is 97.1 Å². The van der Waals surface area contributed by atoms with E-state index in [2.05, 4.69) is 0 Å². The molecule has 0 spiro atoms. The van der Waals surface area contributed by atoms with Crippen molar-refractivity contribution in [2.75, 3.05) is 4.90 Å². The summed E-state index contributed by atoms with van der Waals surface area (Å²) in [7, 11) is 0. The molecule has 7 heteroatoms. The molecule has 182 valence electrons. The molecule has 0 bridgehead atoms. The number of benzene rings is 4. The summed E-state index contributed by atoms with van der Waals surface area (Å²) in [4.78, 5) is 53.7. The van der Waals surface area contributed by atoms with Crippen molar-refractivity contribution in [1.29, 1.82) is 0 Å². The van der Waals surface area contributed by atoms with Gasteiger partial charge >= 0.3 is 5.97 Å². The van der Waals surface area contributed by atoms with E-state index >= 15 is 0 Å². The molecule has 5 rings (SSSR count). The Bertz CT molecular complexity index is 1550. The third kappa shape index (κ3) is 4.67. The SMILES string of the molecule is Cc1cccc(N2C(=O)c3ccc(C(=O)O[C@@H](C(=O)c4ccccc4)c4ccc(Cl)cc4)cc3C2=O)c1. The Labute approximate surface area is 218 Å². The zero-order valence-electron chi connectivity index (χ0n) is 19.7. The van der Waals surface area contributed by atoms with Gasteiger partial charge in [-0.3, -0.25) is 14.4 Å². The molecule has 2 amide bonds. The molecule has 0 saturated carbocycles. The second-order valence-electron chi connectivity index (χ2n) is 8.61. The van der Waals surface area contributed by atoms with E-state index in [1.165, 1.54) is 18.2 Å². The molecular formula is C30H20ClNO5. The molecule has 4 aromatic rings. The molecule has 0 aliphatic carbocycles. The fourth-order valence-corrected chi connectivity index (χ4v) is 4.33. The van der Waals surface area contributed by atoms with E-state index in [0.29, 0.717) is 21.8 Å². The molecule has 4 aromatic carbocycles. The minimum absolute atomic E-state index is 0.0471. The number of halogens is 1. The van der Waals surface area contributed by atoms with E-state index in [-0.39, 0.29) is 16.7 Å². The first-order valence-electron chi connectivity index (χ1n) is 11.5. The van der Waals surface area contributed by atoms with Crippen LogP contribution < -0.4 is 4.90 Å². The van der Waals surface area contributed by atoms with Crippen LogP contribution in [0.2, 0.25) is 5.02 Å². The number of imide groups is 1. The minimum atomic E-state index is -1.23. The fourth-order valence-electron chi connectivity index (χ4n) is 4.21. The maximum absolute atomic E-state index is 13.3. The molecule has 0 aromatic heterocycles. The summed E-state index contributed by atoms with van der Waals surface area (Å²) in [5, 5.41) is 0.473. The number of Topliss-reactive ketones (excluding diaryl/α,β-unsaturated/α-hetero) is 1. The Morgan fingerprint density at radius 2 is 1.46 bits per heavy atom. The molecule has 0 N–H and O–H groups in total.